The molecule has 0 fully saturated rings. The van der Waals surface area contributed by atoms with Gasteiger partial charge in [-0.15, -0.1) is 0 Å². The van der Waals surface area contributed by atoms with Gasteiger partial charge in [-0.25, -0.2) is 0 Å². The average Bonchev–Trinajstić information content (AvgIpc) is 2.14. The fraction of sp³-hybridized carbons (Fsp3) is 0.222. The Morgan fingerprint density at radius 1 is 1.33 bits per heavy atom. The molecule has 0 unspecified atom stereocenters. The van der Waals surface area contributed by atoms with Crippen LogP contribution in [0.2, 0.25) is 0 Å². The number of hydrogen-bond acceptors (Lipinski definition) is 3. The normalized spacial score (nSPS) is 11.1. The molecule has 0 aromatic heterocycles. The first-order valence-corrected chi connectivity index (χ1v) is 7.56. The van der Waals surface area contributed by atoms with Crippen molar-refractivity contribution < 1.29 is 21.5 Å². The van der Waals surface area contributed by atoms with Crippen LogP contribution in [0.3, 0.4) is 0 Å². The summed E-state index contributed by atoms with van der Waals surface area (Å²) in [4.78, 5) is 10.6. The van der Waals surface area contributed by atoms with Crippen LogP contribution in [0.15, 0.2) is 24.3 Å². The van der Waals surface area contributed by atoms with Gasteiger partial charge in [0.2, 0.25) is 0 Å². The molecule has 0 bridgehead atoms. The zero-order chi connectivity index (χ0) is 11.5. The van der Waals surface area contributed by atoms with Crippen molar-refractivity contribution in [1.82, 2.24) is 0 Å². The number of ketones is 1. The molecular formula is C9H11AsO5. The van der Waals surface area contributed by atoms with Crippen molar-refractivity contribution in [3.63, 3.8) is 0 Å². The van der Waals surface area contributed by atoms with Gasteiger partial charge in [0, 0.05) is 0 Å². The Kier molecular flexibility index (Phi) is 3.74. The van der Waals surface area contributed by atoms with Crippen LogP contribution >= 0.6 is 0 Å². The molecule has 82 valence electrons. The minimum atomic E-state index is -4.80. The maximum atomic E-state index is 10.9. The first-order valence-electron chi connectivity index (χ1n) is 4.18. The second-order valence-corrected chi connectivity index (χ2v) is 6.39. The predicted octanol–water partition coefficient (Wildman–Crippen LogP) is -0.785. The van der Waals surface area contributed by atoms with Crippen molar-refractivity contribution in [1.29, 1.82) is 0 Å². The molecule has 0 aliphatic rings. The van der Waals surface area contributed by atoms with Crippen molar-refractivity contribution in [3.05, 3.63) is 24.3 Å². The van der Waals surface area contributed by atoms with Crippen LogP contribution in [-0.2, 0) is 8.53 Å². The van der Waals surface area contributed by atoms with Crippen molar-refractivity contribution in [3.8, 4) is 5.75 Å². The van der Waals surface area contributed by atoms with Crippen molar-refractivity contribution in [2.24, 2.45) is 0 Å². The van der Waals surface area contributed by atoms with E-state index < -0.39 is 14.2 Å². The van der Waals surface area contributed by atoms with E-state index in [1.165, 1.54) is 31.2 Å². The second kappa shape index (κ2) is 4.66. The molecule has 0 aliphatic carbocycles. The van der Waals surface area contributed by atoms with Gasteiger partial charge < -0.3 is 0 Å². The van der Waals surface area contributed by atoms with Crippen LogP contribution in [0.5, 0.6) is 5.75 Å². The summed E-state index contributed by atoms with van der Waals surface area (Å²) in [6.45, 7) is 1.35. The molecule has 5 nitrogen and oxygen atoms in total. The maximum absolute atomic E-state index is 10.9. The van der Waals surface area contributed by atoms with Gasteiger partial charge >= 0.3 is 89.3 Å². The minimum absolute atomic E-state index is 0.0108. The second-order valence-electron chi connectivity index (χ2n) is 3.03. The quantitative estimate of drug-likeness (QED) is 0.703. The molecule has 0 radical (unpaired) electrons. The van der Waals surface area contributed by atoms with Gasteiger partial charge in [-0.3, -0.25) is 0 Å². The van der Waals surface area contributed by atoms with Gasteiger partial charge in [-0.05, 0) is 0 Å². The number of ether oxygens (including phenoxy) is 1. The third kappa shape index (κ3) is 3.91. The Morgan fingerprint density at radius 3 is 2.27 bits per heavy atom. The van der Waals surface area contributed by atoms with Gasteiger partial charge in [0.1, 0.15) is 0 Å². The summed E-state index contributed by atoms with van der Waals surface area (Å²) in [5.74, 6) is 0.302. The van der Waals surface area contributed by atoms with E-state index in [9.17, 15) is 8.53 Å². The summed E-state index contributed by atoms with van der Waals surface area (Å²) >= 11 is -4.80. The summed E-state index contributed by atoms with van der Waals surface area (Å²) in [7, 11) is 0. The Labute approximate surface area is 89.7 Å². The Morgan fingerprint density at radius 2 is 1.87 bits per heavy atom. The summed E-state index contributed by atoms with van der Waals surface area (Å²) in [5.41, 5.74) is 0. The molecule has 0 atom stereocenters. The monoisotopic (exact) mass is 274 g/mol. The molecule has 2 N–H and O–H groups in total. The van der Waals surface area contributed by atoms with Crippen LogP contribution in [0.1, 0.15) is 6.92 Å². The van der Waals surface area contributed by atoms with E-state index in [4.69, 9.17) is 12.9 Å². The summed E-state index contributed by atoms with van der Waals surface area (Å²) in [6, 6.07) is 5.46. The Hall–Kier alpha value is -1.03. The number of hydrogen-bond donors (Lipinski definition) is 2. The van der Waals surface area contributed by atoms with Gasteiger partial charge in [0.05, 0.1) is 0 Å². The summed E-state index contributed by atoms with van der Waals surface area (Å²) in [6.07, 6.45) is 0. The van der Waals surface area contributed by atoms with Crippen LogP contribution in [-0.4, -0.2) is 34.8 Å². The van der Waals surface area contributed by atoms with E-state index in [0.717, 1.165) is 0 Å². The molecule has 0 aliphatic heterocycles. The van der Waals surface area contributed by atoms with E-state index in [-0.39, 0.29) is 16.7 Å². The fourth-order valence-corrected chi connectivity index (χ4v) is 2.05. The molecule has 0 spiro atoms. The zero-order valence-electron chi connectivity index (χ0n) is 8.08. The summed E-state index contributed by atoms with van der Waals surface area (Å²) < 4.78 is 33.6. The molecule has 1 aromatic rings. The zero-order valence-corrected chi connectivity index (χ0v) is 9.96. The van der Waals surface area contributed by atoms with Crippen LogP contribution in [0.4, 0.5) is 0 Å². The molecule has 1 aromatic carbocycles. The molecular weight excluding hydrogens is 263 g/mol. The van der Waals surface area contributed by atoms with Crippen LogP contribution < -0.4 is 9.09 Å². The first kappa shape index (κ1) is 12.0. The molecule has 0 amide bonds. The summed E-state index contributed by atoms with van der Waals surface area (Å²) in [5, 5.41) is 0. The molecule has 15 heavy (non-hydrogen) atoms. The Bertz CT molecular complexity index is 391. The van der Waals surface area contributed by atoms with E-state index in [1.54, 1.807) is 0 Å². The van der Waals surface area contributed by atoms with E-state index >= 15 is 0 Å². The standard InChI is InChI=1S/C9H11AsO5/c1-7(11)6-15-9-4-2-8(3-5-9)10(12,13)14/h2-5H,6H2,1H3,(H2,12,13,14). The van der Waals surface area contributed by atoms with E-state index in [0.29, 0.717) is 5.75 Å². The van der Waals surface area contributed by atoms with Gasteiger partial charge in [0.15, 0.2) is 0 Å². The van der Waals surface area contributed by atoms with Gasteiger partial charge in [-0.2, -0.15) is 0 Å². The number of rotatable bonds is 4. The van der Waals surface area contributed by atoms with Crippen LogP contribution in [0.25, 0.3) is 0 Å². The first-order chi connectivity index (χ1) is 6.89. The van der Waals surface area contributed by atoms with Crippen molar-refractivity contribution >= 4 is 24.3 Å². The molecule has 1 rings (SSSR count). The SMILES string of the molecule is CC(=O)COc1ccc([As](=O)(O)O)cc1. The molecule has 6 heteroatoms. The van der Waals surface area contributed by atoms with Crippen molar-refractivity contribution in [2.75, 3.05) is 6.61 Å². The Balaban J connectivity index is 2.73. The number of benzene rings is 1. The number of carbonyl (C=O) groups is 1. The predicted molar refractivity (Wildman–Crippen MR) is 53.1 cm³/mol. The van der Waals surface area contributed by atoms with Crippen molar-refractivity contribution in [2.45, 2.75) is 6.92 Å². The molecule has 0 saturated heterocycles. The average molecular weight is 274 g/mol. The number of Topliss-reactive ketones (excluding diaryl/α,β-unsaturated/α-hetero) is 1. The van der Waals surface area contributed by atoms with Gasteiger partial charge in [-0.1, -0.05) is 0 Å². The molecule has 0 saturated carbocycles. The molecule has 0 heterocycles. The topological polar surface area (TPSA) is 83.8 Å². The fourth-order valence-electron chi connectivity index (χ4n) is 0.922. The number of carbonyl (C=O) groups excluding carboxylic acids is 1. The van der Waals surface area contributed by atoms with E-state index in [1.807, 2.05) is 0 Å². The third-order valence-electron chi connectivity index (χ3n) is 1.62. The van der Waals surface area contributed by atoms with E-state index in [2.05, 4.69) is 0 Å². The van der Waals surface area contributed by atoms with Gasteiger partial charge in [0.25, 0.3) is 0 Å². The van der Waals surface area contributed by atoms with Crippen LogP contribution in [0, 0.1) is 0 Å². The third-order valence-corrected chi connectivity index (χ3v) is 3.65.